The van der Waals surface area contributed by atoms with Gasteiger partial charge >= 0.3 is 0 Å². The molecule has 0 aliphatic carbocycles. The Labute approximate surface area is 151 Å². The van der Waals surface area contributed by atoms with Crippen LogP contribution in [-0.4, -0.2) is 26.6 Å². The average molecular weight is 370 g/mol. The molecule has 26 heavy (non-hydrogen) atoms. The first-order valence-corrected chi connectivity index (χ1v) is 8.59. The number of H-pyrrole nitrogens is 1. The second-order valence-electron chi connectivity index (χ2n) is 5.48. The number of anilines is 1. The number of fused-ring (bicyclic) bond motifs is 1. The fourth-order valence-electron chi connectivity index (χ4n) is 2.31. The molecular weight excluding hydrogens is 356 g/mol. The Morgan fingerprint density at radius 2 is 2.08 bits per heavy atom. The zero-order valence-corrected chi connectivity index (χ0v) is 14.5. The number of carbonyl (C=O) groups is 1. The molecule has 0 aliphatic rings. The summed E-state index contributed by atoms with van der Waals surface area (Å²) in [6.45, 7) is 1.74. The van der Waals surface area contributed by atoms with Crippen LogP contribution in [0.3, 0.4) is 0 Å². The van der Waals surface area contributed by atoms with Crippen LogP contribution < -0.4 is 10.9 Å². The topological polar surface area (TPSA) is 118 Å². The van der Waals surface area contributed by atoms with Crippen LogP contribution in [0.2, 0.25) is 0 Å². The van der Waals surface area contributed by atoms with Gasteiger partial charge in [0, 0.05) is 12.1 Å². The monoisotopic (exact) mass is 370 g/mol. The molecule has 0 fully saturated rings. The molecule has 2 aromatic carbocycles. The molecule has 1 aromatic heterocycles. The highest BCUT2D eigenvalue weighted by Crippen LogP contribution is 2.22. The van der Waals surface area contributed by atoms with Gasteiger partial charge in [-0.2, -0.15) is 0 Å². The minimum atomic E-state index is -0.520. The predicted molar refractivity (Wildman–Crippen MR) is 99.6 cm³/mol. The van der Waals surface area contributed by atoms with E-state index < -0.39 is 4.92 Å². The number of nitro groups is 1. The number of aromatic nitrogens is 2. The number of aromatic amines is 1. The molecule has 0 saturated heterocycles. The first kappa shape index (κ1) is 17.6. The summed E-state index contributed by atoms with van der Waals surface area (Å²) in [5, 5.41) is 14.3. The summed E-state index contributed by atoms with van der Waals surface area (Å²) in [5.41, 5.74) is 1.27. The van der Waals surface area contributed by atoms with E-state index in [-0.39, 0.29) is 22.9 Å². The number of nitrogens with one attached hydrogen (secondary N) is 2. The molecule has 0 saturated carbocycles. The van der Waals surface area contributed by atoms with Crippen molar-refractivity contribution in [1.29, 1.82) is 0 Å². The highest BCUT2D eigenvalue weighted by molar-refractivity contribution is 7.99. The van der Waals surface area contributed by atoms with Gasteiger partial charge in [-0.05, 0) is 24.6 Å². The molecule has 0 aliphatic heterocycles. The third-order valence-electron chi connectivity index (χ3n) is 3.64. The van der Waals surface area contributed by atoms with E-state index in [0.717, 1.165) is 11.8 Å². The summed E-state index contributed by atoms with van der Waals surface area (Å²) in [6, 6.07) is 11.2. The molecule has 0 radical (unpaired) electrons. The summed E-state index contributed by atoms with van der Waals surface area (Å²) in [4.78, 5) is 41.4. The molecule has 0 spiro atoms. The maximum absolute atomic E-state index is 12.1. The van der Waals surface area contributed by atoms with E-state index in [4.69, 9.17) is 0 Å². The Morgan fingerprint density at radius 1 is 1.31 bits per heavy atom. The van der Waals surface area contributed by atoms with Crippen LogP contribution in [0.4, 0.5) is 11.4 Å². The molecule has 132 valence electrons. The lowest BCUT2D eigenvalue weighted by Gasteiger charge is -2.08. The van der Waals surface area contributed by atoms with Crippen LogP contribution in [-0.2, 0) is 4.79 Å². The molecule has 1 amide bonds. The van der Waals surface area contributed by atoms with Gasteiger partial charge in [-0.3, -0.25) is 19.7 Å². The van der Waals surface area contributed by atoms with E-state index in [2.05, 4.69) is 15.3 Å². The lowest BCUT2D eigenvalue weighted by molar-refractivity contribution is -0.384. The standard InChI is InChI=1S/C17H14N4O4S/c1-10-6-7-11(21(24)25)8-14(10)18-15(22)9-26-17-19-13-5-3-2-4-12(13)16(23)20-17/h2-8H,9H2,1H3,(H,18,22)(H,19,20,23). The van der Waals surface area contributed by atoms with Gasteiger partial charge in [0.1, 0.15) is 0 Å². The fraction of sp³-hybridized carbons (Fsp3) is 0.118. The molecular formula is C17H14N4O4S. The van der Waals surface area contributed by atoms with Crippen LogP contribution in [0, 0.1) is 17.0 Å². The highest BCUT2D eigenvalue weighted by atomic mass is 32.2. The number of benzene rings is 2. The van der Waals surface area contributed by atoms with Crippen molar-refractivity contribution in [1.82, 2.24) is 9.97 Å². The molecule has 0 bridgehead atoms. The van der Waals surface area contributed by atoms with Gasteiger partial charge in [0.05, 0.1) is 27.3 Å². The summed E-state index contributed by atoms with van der Waals surface area (Å²) < 4.78 is 0. The molecule has 3 aromatic rings. The van der Waals surface area contributed by atoms with Crippen molar-refractivity contribution >= 4 is 39.9 Å². The lowest BCUT2D eigenvalue weighted by Crippen LogP contribution is -2.16. The number of carbonyl (C=O) groups excluding carboxylic acids is 1. The Morgan fingerprint density at radius 3 is 2.85 bits per heavy atom. The zero-order chi connectivity index (χ0) is 18.7. The van der Waals surface area contributed by atoms with Crippen LogP contribution in [0.25, 0.3) is 10.9 Å². The van der Waals surface area contributed by atoms with Gasteiger partial charge in [0.25, 0.3) is 11.2 Å². The van der Waals surface area contributed by atoms with Crippen LogP contribution in [0.15, 0.2) is 52.4 Å². The number of hydrogen-bond acceptors (Lipinski definition) is 6. The number of rotatable bonds is 5. The quantitative estimate of drug-likeness (QED) is 0.309. The SMILES string of the molecule is Cc1ccc([N+](=O)[O-])cc1NC(=O)CSc1nc2ccccc2c(=O)[nH]1. The minimum absolute atomic E-state index is 0.00339. The van der Waals surface area contributed by atoms with Crippen molar-refractivity contribution in [2.45, 2.75) is 12.1 Å². The fourth-order valence-corrected chi connectivity index (χ4v) is 2.98. The number of para-hydroxylation sites is 1. The molecule has 0 atom stereocenters. The Hall–Kier alpha value is -3.20. The first-order chi connectivity index (χ1) is 12.4. The molecule has 9 heteroatoms. The summed E-state index contributed by atoms with van der Waals surface area (Å²) in [5.74, 6) is -0.349. The molecule has 3 rings (SSSR count). The van der Waals surface area contributed by atoms with Gasteiger partial charge < -0.3 is 10.3 Å². The van der Waals surface area contributed by atoms with Crippen molar-refractivity contribution in [2.75, 3.05) is 11.1 Å². The van der Waals surface area contributed by atoms with Crippen molar-refractivity contribution in [3.8, 4) is 0 Å². The number of nitrogens with zero attached hydrogens (tertiary/aromatic N) is 2. The number of nitro benzene ring substituents is 1. The van der Waals surface area contributed by atoms with E-state index in [9.17, 15) is 19.7 Å². The van der Waals surface area contributed by atoms with Crippen molar-refractivity contribution < 1.29 is 9.72 Å². The van der Waals surface area contributed by atoms with Crippen molar-refractivity contribution in [3.05, 3.63) is 68.5 Å². The average Bonchev–Trinajstić information content (AvgIpc) is 2.62. The molecule has 2 N–H and O–H groups in total. The van der Waals surface area contributed by atoms with E-state index in [1.54, 1.807) is 37.3 Å². The molecule has 1 heterocycles. The number of amides is 1. The highest BCUT2D eigenvalue weighted by Gasteiger charge is 2.12. The van der Waals surface area contributed by atoms with Crippen LogP contribution in [0.1, 0.15) is 5.56 Å². The van der Waals surface area contributed by atoms with Gasteiger partial charge in [-0.15, -0.1) is 0 Å². The van der Waals surface area contributed by atoms with Crippen molar-refractivity contribution in [2.24, 2.45) is 0 Å². The predicted octanol–water partition coefficient (Wildman–Crippen LogP) is 2.87. The second-order valence-corrected chi connectivity index (χ2v) is 6.45. The van der Waals surface area contributed by atoms with Crippen LogP contribution >= 0.6 is 11.8 Å². The van der Waals surface area contributed by atoms with Gasteiger partial charge in [0.2, 0.25) is 5.91 Å². The Kier molecular flexibility index (Phi) is 4.99. The van der Waals surface area contributed by atoms with Crippen LogP contribution in [0.5, 0.6) is 0 Å². The lowest BCUT2D eigenvalue weighted by atomic mass is 10.2. The normalized spacial score (nSPS) is 10.7. The maximum atomic E-state index is 12.1. The van der Waals surface area contributed by atoms with E-state index in [0.29, 0.717) is 27.3 Å². The number of hydrogen-bond donors (Lipinski definition) is 2. The Bertz CT molecular complexity index is 1060. The van der Waals surface area contributed by atoms with Gasteiger partial charge in [-0.25, -0.2) is 4.98 Å². The smallest absolute Gasteiger partial charge is 0.271 e. The largest absolute Gasteiger partial charge is 0.325 e. The van der Waals surface area contributed by atoms with Crippen molar-refractivity contribution in [3.63, 3.8) is 0 Å². The number of thioether (sulfide) groups is 1. The molecule has 8 nitrogen and oxygen atoms in total. The number of aryl methyl sites for hydroxylation is 1. The van der Waals surface area contributed by atoms with E-state index in [1.807, 2.05) is 0 Å². The zero-order valence-electron chi connectivity index (χ0n) is 13.7. The first-order valence-electron chi connectivity index (χ1n) is 7.61. The van der Waals surface area contributed by atoms with E-state index in [1.165, 1.54) is 12.1 Å². The maximum Gasteiger partial charge on any atom is 0.271 e. The second kappa shape index (κ2) is 7.36. The van der Waals surface area contributed by atoms with Gasteiger partial charge in [0.15, 0.2) is 5.16 Å². The number of non-ortho nitro benzene ring substituents is 1. The molecule has 0 unspecified atom stereocenters. The third-order valence-corrected chi connectivity index (χ3v) is 4.51. The van der Waals surface area contributed by atoms with Gasteiger partial charge in [-0.1, -0.05) is 30.0 Å². The Balaban J connectivity index is 1.71. The summed E-state index contributed by atoms with van der Waals surface area (Å²) in [7, 11) is 0. The minimum Gasteiger partial charge on any atom is -0.325 e. The summed E-state index contributed by atoms with van der Waals surface area (Å²) >= 11 is 1.08. The third kappa shape index (κ3) is 3.89. The van der Waals surface area contributed by atoms with E-state index >= 15 is 0 Å². The summed E-state index contributed by atoms with van der Waals surface area (Å²) in [6.07, 6.45) is 0.